The first kappa shape index (κ1) is 13.0. The van der Waals surface area contributed by atoms with Crippen LogP contribution in [-0.4, -0.2) is 26.0 Å². The Bertz CT molecular complexity index is 430. The minimum absolute atomic E-state index is 0.108. The van der Waals surface area contributed by atoms with Crippen LogP contribution in [0.5, 0.6) is 0 Å². The maximum absolute atomic E-state index is 11.4. The summed E-state index contributed by atoms with van der Waals surface area (Å²) in [4.78, 5) is 22.7. The van der Waals surface area contributed by atoms with Crippen LogP contribution in [-0.2, 0) is 9.53 Å². The van der Waals surface area contributed by atoms with Crippen LogP contribution in [0.15, 0.2) is 18.2 Å². The van der Waals surface area contributed by atoms with Gasteiger partial charge in [-0.25, -0.2) is 4.79 Å². The van der Waals surface area contributed by atoms with Gasteiger partial charge in [-0.15, -0.1) is 0 Å². The number of anilines is 2. The Labute approximate surface area is 100 Å². The van der Waals surface area contributed by atoms with E-state index in [-0.39, 0.29) is 5.91 Å². The van der Waals surface area contributed by atoms with Crippen molar-refractivity contribution in [2.24, 2.45) is 0 Å². The summed E-state index contributed by atoms with van der Waals surface area (Å²) in [5.74, 6) is -0.539. The maximum Gasteiger partial charge on any atom is 0.337 e. The molecule has 1 rings (SSSR count). The average Bonchev–Trinajstić information content (AvgIpc) is 2.37. The monoisotopic (exact) mass is 236 g/mol. The summed E-state index contributed by atoms with van der Waals surface area (Å²) in [5, 5.41) is 5.66. The fraction of sp³-hybridized carbons (Fsp3) is 0.333. The number of nitrogens with one attached hydrogen (secondary N) is 2. The van der Waals surface area contributed by atoms with Crippen LogP contribution < -0.4 is 10.6 Å². The predicted octanol–water partition coefficient (Wildman–Crippen LogP) is 1.86. The van der Waals surface area contributed by atoms with E-state index < -0.39 is 5.97 Å². The molecule has 0 spiro atoms. The van der Waals surface area contributed by atoms with Crippen molar-refractivity contribution in [3.05, 3.63) is 23.8 Å². The van der Waals surface area contributed by atoms with E-state index in [0.717, 1.165) is 5.69 Å². The van der Waals surface area contributed by atoms with Gasteiger partial charge in [-0.05, 0) is 18.2 Å². The first-order valence-electron chi connectivity index (χ1n) is 5.32. The van der Waals surface area contributed by atoms with Gasteiger partial charge in [0.15, 0.2) is 0 Å². The second kappa shape index (κ2) is 5.89. The SMILES string of the molecule is CCC(=O)Nc1cc(C(=O)OC)ccc1NC. The number of carbonyl (C=O) groups excluding carboxylic acids is 2. The zero-order valence-electron chi connectivity index (χ0n) is 10.2. The lowest BCUT2D eigenvalue weighted by atomic mass is 10.1. The third-order valence-corrected chi connectivity index (χ3v) is 2.31. The van der Waals surface area contributed by atoms with Crippen molar-refractivity contribution in [2.75, 3.05) is 24.8 Å². The summed E-state index contributed by atoms with van der Waals surface area (Å²) in [6.07, 6.45) is 0.381. The lowest BCUT2D eigenvalue weighted by Gasteiger charge is -2.11. The summed E-state index contributed by atoms with van der Waals surface area (Å²) < 4.78 is 4.62. The lowest BCUT2D eigenvalue weighted by Crippen LogP contribution is -2.12. The summed E-state index contributed by atoms with van der Waals surface area (Å²) in [7, 11) is 3.06. The fourth-order valence-electron chi connectivity index (χ4n) is 1.35. The largest absolute Gasteiger partial charge is 0.465 e. The molecule has 17 heavy (non-hydrogen) atoms. The molecule has 0 aliphatic heterocycles. The molecule has 0 unspecified atom stereocenters. The minimum Gasteiger partial charge on any atom is -0.465 e. The van der Waals surface area contributed by atoms with Crippen molar-refractivity contribution in [1.82, 2.24) is 0 Å². The van der Waals surface area contributed by atoms with Crippen molar-refractivity contribution in [3.63, 3.8) is 0 Å². The summed E-state index contributed by atoms with van der Waals surface area (Å²) >= 11 is 0. The third kappa shape index (κ3) is 3.21. The molecule has 0 radical (unpaired) electrons. The highest BCUT2D eigenvalue weighted by atomic mass is 16.5. The van der Waals surface area contributed by atoms with Crippen LogP contribution in [0.2, 0.25) is 0 Å². The van der Waals surface area contributed by atoms with E-state index in [1.165, 1.54) is 7.11 Å². The van der Waals surface area contributed by atoms with Gasteiger partial charge < -0.3 is 15.4 Å². The molecule has 0 aliphatic rings. The molecule has 0 saturated carbocycles. The number of rotatable bonds is 4. The van der Waals surface area contributed by atoms with Gasteiger partial charge in [0.2, 0.25) is 5.91 Å². The lowest BCUT2D eigenvalue weighted by molar-refractivity contribution is -0.115. The Morgan fingerprint density at radius 3 is 2.53 bits per heavy atom. The number of carbonyl (C=O) groups is 2. The van der Waals surface area contributed by atoms with Crippen molar-refractivity contribution >= 4 is 23.3 Å². The molecule has 0 atom stereocenters. The van der Waals surface area contributed by atoms with E-state index in [2.05, 4.69) is 15.4 Å². The number of methoxy groups -OCH3 is 1. The predicted molar refractivity (Wildman–Crippen MR) is 66.2 cm³/mol. The molecule has 2 N–H and O–H groups in total. The number of hydrogen-bond acceptors (Lipinski definition) is 4. The normalized spacial score (nSPS) is 9.59. The molecule has 5 nitrogen and oxygen atoms in total. The van der Waals surface area contributed by atoms with Crippen LogP contribution in [0, 0.1) is 0 Å². The van der Waals surface area contributed by atoms with Gasteiger partial charge in [0.25, 0.3) is 0 Å². The highest BCUT2D eigenvalue weighted by Crippen LogP contribution is 2.23. The van der Waals surface area contributed by atoms with Crippen molar-refractivity contribution in [2.45, 2.75) is 13.3 Å². The molecule has 0 fully saturated rings. The molecule has 92 valence electrons. The third-order valence-electron chi connectivity index (χ3n) is 2.31. The zero-order chi connectivity index (χ0) is 12.8. The van der Waals surface area contributed by atoms with E-state index in [0.29, 0.717) is 17.7 Å². The quantitative estimate of drug-likeness (QED) is 0.783. The Hall–Kier alpha value is -2.04. The molecule has 0 aliphatic carbocycles. The first-order valence-corrected chi connectivity index (χ1v) is 5.32. The van der Waals surface area contributed by atoms with Crippen molar-refractivity contribution in [1.29, 1.82) is 0 Å². The van der Waals surface area contributed by atoms with Crippen LogP contribution in [0.25, 0.3) is 0 Å². The van der Waals surface area contributed by atoms with Crippen LogP contribution in [0.3, 0.4) is 0 Å². The van der Waals surface area contributed by atoms with Gasteiger partial charge in [0.05, 0.1) is 24.0 Å². The Kier molecular flexibility index (Phi) is 4.51. The first-order chi connectivity index (χ1) is 8.12. The number of esters is 1. The Morgan fingerprint density at radius 2 is 2.00 bits per heavy atom. The van der Waals surface area contributed by atoms with Gasteiger partial charge in [-0.1, -0.05) is 6.92 Å². The van der Waals surface area contributed by atoms with Gasteiger partial charge in [0.1, 0.15) is 0 Å². The standard InChI is InChI=1S/C12H16N2O3/c1-4-11(15)14-10-7-8(12(16)17-3)5-6-9(10)13-2/h5-7,13H,4H2,1-3H3,(H,14,15). The summed E-state index contributed by atoms with van der Waals surface area (Å²) in [6, 6.07) is 4.95. The second-order valence-corrected chi connectivity index (χ2v) is 3.40. The molecular formula is C12H16N2O3. The van der Waals surface area contributed by atoms with Crippen LogP contribution >= 0.6 is 0 Å². The van der Waals surface area contributed by atoms with E-state index >= 15 is 0 Å². The van der Waals surface area contributed by atoms with Gasteiger partial charge >= 0.3 is 5.97 Å². The number of amides is 1. The molecule has 0 heterocycles. The second-order valence-electron chi connectivity index (χ2n) is 3.40. The number of benzene rings is 1. The molecule has 0 aromatic heterocycles. The average molecular weight is 236 g/mol. The molecule has 1 aromatic rings. The van der Waals surface area contributed by atoms with E-state index in [4.69, 9.17) is 0 Å². The molecule has 5 heteroatoms. The van der Waals surface area contributed by atoms with E-state index in [9.17, 15) is 9.59 Å². The number of hydrogen-bond donors (Lipinski definition) is 2. The zero-order valence-corrected chi connectivity index (χ0v) is 10.2. The van der Waals surface area contributed by atoms with Gasteiger partial charge in [-0.3, -0.25) is 4.79 Å². The number of ether oxygens (including phenoxy) is 1. The molecule has 1 aromatic carbocycles. The van der Waals surface area contributed by atoms with Crippen LogP contribution in [0.4, 0.5) is 11.4 Å². The van der Waals surface area contributed by atoms with Gasteiger partial charge in [0, 0.05) is 13.5 Å². The molecular weight excluding hydrogens is 220 g/mol. The van der Waals surface area contributed by atoms with E-state index in [1.807, 2.05) is 0 Å². The maximum atomic E-state index is 11.4. The molecule has 0 bridgehead atoms. The highest BCUT2D eigenvalue weighted by Gasteiger charge is 2.10. The van der Waals surface area contributed by atoms with Crippen LogP contribution in [0.1, 0.15) is 23.7 Å². The Balaban J connectivity index is 3.06. The van der Waals surface area contributed by atoms with E-state index in [1.54, 1.807) is 32.2 Å². The van der Waals surface area contributed by atoms with Crippen molar-refractivity contribution in [3.8, 4) is 0 Å². The fourth-order valence-corrected chi connectivity index (χ4v) is 1.35. The summed E-state index contributed by atoms with van der Waals surface area (Å²) in [5.41, 5.74) is 1.72. The highest BCUT2D eigenvalue weighted by molar-refractivity contribution is 5.97. The van der Waals surface area contributed by atoms with Crippen molar-refractivity contribution < 1.29 is 14.3 Å². The smallest absolute Gasteiger partial charge is 0.337 e. The molecule has 0 saturated heterocycles. The Morgan fingerprint density at radius 1 is 1.29 bits per heavy atom. The van der Waals surface area contributed by atoms with Gasteiger partial charge in [-0.2, -0.15) is 0 Å². The summed E-state index contributed by atoms with van der Waals surface area (Å²) in [6.45, 7) is 1.76. The molecule has 1 amide bonds. The minimum atomic E-state index is -0.431. The topological polar surface area (TPSA) is 67.4 Å².